The second-order valence-corrected chi connectivity index (χ2v) is 14.8. The van der Waals surface area contributed by atoms with Gasteiger partial charge in [0.2, 0.25) is 0 Å². The molecule has 1 aliphatic heterocycles. The smallest absolute Gasteiger partial charge is 0.131 e. The van der Waals surface area contributed by atoms with Crippen molar-refractivity contribution in [2.75, 3.05) is 0 Å². The van der Waals surface area contributed by atoms with E-state index in [1.165, 1.54) is 69.8 Å². The second kappa shape index (κ2) is 13.2. The van der Waals surface area contributed by atoms with Gasteiger partial charge < -0.3 is 0 Å². The number of unbranched alkanes of at least 4 members (excludes halogenated alkanes) is 2. The van der Waals surface area contributed by atoms with Gasteiger partial charge in [-0.2, -0.15) is 0 Å². The maximum Gasteiger partial charge on any atom is 0.131 e. The van der Waals surface area contributed by atoms with Crippen LogP contribution in [0.1, 0.15) is 96.5 Å². The Morgan fingerprint density at radius 2 is 1.57 bits per heavy atom. The van der Waals surface area contributed by atoms with Gasteiger partial charge in [0, 0.05) is 14.4 Å². The molecule has 2 aromatic rings. The summed E-state index contributed by atoms with van der Waals surface area (Å²) in [5.74, 6) is 1.78. The predicted octanol–water partition coefficient (Wildman–Crippen LogP) is 10.5. The third-order valence-corrected chi connectivity index (χ3v) is 12.7. The van der Waals surface area contributed by atoms with Crippen molar-refractivity contribution in [3.63, 3.8) is 0 Å². The number of hydrogen-bond acceptors (Lipinski definition) is 0. The lowest BCUT2D eigenvalue weighted by Gasteiger charge is -2.48. The summed E-state index contributed by atoms with van der Waals surface area (Å²) in [6.45, 7) is 4.74. The fraction of sp³-hybridized carbons (Fsp3) is 0.636. The molecule has 2 fully saturated rings. The van der Waals surface area contributed by atoms with Gasteiger partial charge in [-0.25, -0.2) is 4.39 Å². The highest BCUT2D eigenvalue weighted by atomic mass is 28.3. The van der Waals surface area contributed by atoms with Crippen LogP contribution in [-0.4, -0.2) is 8.80 Å². The average Bonchev–Trinajstić information content (AvgIpc) is 2.90. The number of rotatable bonds is 11. The molecule has 1 heterocycles. The van der Waals surface area contributed by atoms with Gasteiger partial charge in [0.05, 0.1) is 0 Å². The maximum absolute atomic E-state index is 14.1. The summed E-state index contributed by atoms with van der Waals surface area (Å²) in [6.07, 6.45) is 18.6. The largest absolute Gasteiger partial charge is 0.206 e. The van der Waals surface area contributed by atoms with Crippen LogP contribution in [0.3, 0.4) is 0 Å². The fourth-order valence-electron chi connectivity index (χ4n) is 7.29. The van der Waals surface area contributed by atoms with Crippen molar-refractivity contribution in [3.8, 4) is 11.1 Å². The molecule has 0 nitrogen and oxygen atoms in total. The van der Waals surface area contributed by atoms with Crippen LogP contribution in [-0.2, 0) is 6.42 Å². The molecule has 1 saturated heterocycles. The Hall–Kier alpha value is -1.41. The fourth-order valence-corrected chi connectivity index (χ4v) is 10.3. The van der Waals surface area contributed by atoms with Gasteiger partial charge in [0.1, 0.15) is 5.82 Å². The molecule has 4 rings (SSSR count). The number of hydrogen-bond donors (Lipinski definition) is 0. The first kappa shape index (κ1) is 26.6. The van der Waals surface area contributed by atoms with Crippen LogP contribution in [0.5, 0.6) is 0 Å². The van der Waals surface area contributed by atoms with Gasteiger partial charge in [-0.3, -0.25) is 0 Å². The lowest BCUT2D eigenvalue weighted by molar-refractivity contribution is 0.0493. The van der Waals surface area contributed by atoms with E-state index in [1.54, 1.807) is 43.1 Å². The summed E-state index contributed by atoms with van der Waals surface area (Å²) < 4.78 is 14.1. The van der Waals surface area contributed by atoms with Crippen molar-refractivity contribution in [2.24, 2.45) is 17.3 Å². The standard InChI is InChI=1S/C33H48FSi/c1-3-5-8-21-33(30-19-25-35(24-4-2)26-20-30)22-17-28(18-23-33)12-11-27-13-15-29(16-14-27)31-9-6-7-10-32(31)34/h6-7,9-10,13-16,28,30H,3-5,8,11-12,17-26H2,1-2H3. The maximum atomic E-state index is 14.1. The summed E-state index contributed by atoms with van der Waals surface area (Å²) in [4.78, 5) is 0. The average molecular weight is 492 g/mol. The number of aryl methyl sites for hydroxylation is 1. The molecule has 35 heavy (non-hydrogen) atoms. The van der Waals surface area contributed by atoms with E-state index in [0.717, 1.165) is 23.8 Å². The van der Waals surface area contributed by atoms with Crippen LogP contribution >= 0.6 is 0 Å². The highest BCUT2D eigenvalue weighted by Crippen LogP contribution is 2.53. The normalized spacial score (nSPS) is 24.0. The molecule has 2 aromatic carbocycles. The summed E-state index contributed by atoms with van der Waals surface area (Å²) in [6, 6.07) is 20.5. The number of halogens is 1. The molecule has 1 aliphatic carbocycles. The molecule has 2 aliphatic rings. The monoisotopic (exact) mass is 491 g/mol. The Balaban J connectivity index is 1.29. The van der Waals surface area contributed by atoms with Gasteiger partial charge in [-0.15, -0.1) is 0 Å². The van der Waals surface area contributed by atoms with Gasteiger partial charge in [0.25, 0.3) is 0 Å². The zero-order valence-electron chi connectivity index (χ0n) is 22.5. The highest BCUT2D eigenvalue weighted by Gasteiger charge is 2.42. The van der Waals surface area contributed by atoms with Crippen molar-refractivity contribution < 1.29 is 4.39 Å². The van der Waals surface area contributed by atoms with Crippen molar-refractivity contribution >= 4 is 8.80 Å². The Morgan fingerprint density at radius 1 is 0.857 bits per heavy atom. The van der Waals surface area contributed by atoms with Crippen LogP contribution in [0.4, 0.5) is 4.39 Å². The van der Waals surface area contributed by atoms with E-state index in [1.807, 2.05) is 12.1 Å². The molecule has 191 valence electrons. The van der Waals surface area contributed by atoms with Crippen LogP contribution in [0.15, 0.2) is 48.5 Å². The van der Waals surface area contributed by atoms with Gasteiger partial charge in [-0.1, -0.05) is 113 Å². The van der Waals surface area contributed by atoms with Gasteiger partial charge in [-0.05, 0) is 79.4 Å². The quantitative estimate of drug-likeness (QED) is 0.216. The first-order valence-corrected chi connectivity index (χ1v) is 16.9. The molecule has 0 bridgehead atoms. The van der Waals surface area contributed by atoms with E-state index in [2.05, 4.69) is 38.1 Å². The summed E-state index contributed by atoms with van der Waals surface area (Å²) in [7, 11) is -0.0137. The molecule has 1 radical (unpaired) electrons. The minimum Gasteiger partial charge on any atom is -0.206 e. The molecule has 0 unspecified atom stereocenters. The molecule has 0 atom stereocenters. The Kier molecular flexibility index (Phi) is 10.1. The van der Waals surface area contributed by atoms with Crippen LogP contribution < -0.4 is 0 Å². The first-order chi connectivity index (χ1) is 17.1. The first-order valence-electron chi connectivity index (χ1n) is 14.8. The summed E-state index contributed by atoms with van der Waals surface area (Å²) in [5.41, 5.74) is 3.77. The second-order valence-electron chi connectivity index (χ2n) is 11.8. The molecule has 0 N–H and O–H groups in total. The van der Waals surface area contributed by atoms with E-state index < -0.39 is 0 Å². The van der Waals surface area contributed by atoms with E-state index >= 15 is 0 Å². The third kappa shape index (κ3) is 7.09. The summed E-state index contributed by atoms with van der Waals surface area (Å²) in [5, 5.41) is 0. The van der Waals surface area contributed by atoms with Crippen LogP contribution in [0.2, 0.25) is 18.1 Å². The van der Waals surface area contributed by atoms with E-state index in [4.69, 9.17) is 0 Å². The SMILES string of the molecule is CCCCCC1(C2CC[Si](CCC)CC2)CCC(CCc2ccc(-c3ccccc3F)cc2)CC1. The molecule has 2 heteroatoms. The number of benzene rings is 2. The molecule has 0 spiro atoms. The zero-order chi connectivity index (χ0) is 24.5. The van der Waals surface area contributed by atoms with Gasteiger partial charge in [0.15, 0.2) is 0 Å². The molecule has 0 amide bonds. The lowest BCUT2D eigenvalue weighted by atomic mass is 9.59. The van der Waals surface area contributed by atoms with Gasteiger partial charge >= 0.3 is 0 Å². The molecule has 1 saturated carbocycles. The predicted molar refractivity (Wildman–Crippen MR) is 152 cm³/mol. The summed E-state index contributed by atoms with van der Waals surface area (Å²) >= 11 is 0. The Bertz CT molecular complexity index is 872. The third-order valence-electron chi connectivity index (χ3n) is 9.52. The van der Waals surface area contributed by atoms with Crippen molar-refractivity contribution in [3.05, 3.63) is 59.9 Å². The van der Waals surface area contributed by atoms with Crippen molar-refractivity contribution in [1.29, 1.82) is 0 Å². The minimum absolute atomic E-state index is 0.0137. The van der Waals surface area contributed by atoms with E-state index in [0.29, 0.717) is 11.0 Å². The minimum atomic E-state index is -0.134. The van der Waals surface area contributed by atoms with Crippen LogP contribution in [0, 0.1) is 23.1 Å². The Labute approximate surface area is 216 Å². The Morgan fingerprint density at radius 3 is 2.23 bits per heavy atom. The lowest BCUT2D eigenvalue weighted by Crippen LogP contribution is -2.38. The zero-order valence-corrected chi connectivity index (χ0v) is 23.5. The topological polar surface area (TPSA) is 0 Å². The van der Waals surface area contributed by atoms with E-state index in [-0.39, 0.29) is 14.6 Å². The van der Waals surface area contributed by atoms with Crippen molar-refractivity contribution in [2.45, 2.75) is 115 Å². The molecule has 0 aromatic heterocycles. The highest BCUT2D eigenvalue weighted by molar-refractivity contribution is 6.58. The van der Waals surface area contributed by atoms with E-state index in [9.17, 15) is 4.39 Å². The van der Waals surface area contributed by atoms with Crippen molar-refractivity contribution in [1.82, 2.24) is 0 Å². The van der Waals surface area contributed by atoms with Crippen LogP contribution in [0.25, 0.3) is 11.1 Å². The molecular formula is C33H48FSi. The molecular weight excluding hydrogens is 443 g/mol.